The van der Waals surface area contributed by atoms with E-state index < -0.39 is 24.0 Å². The normalized spacial score (nSPS) is 18.0. The number of aryl methyl sites for hydroxylation is 1. The molecular weight excluding hydrogens is 501 g/mol. The highest BCUT2D eigenvalue weighted by Crippen LogP contribution is 2.39. The molecule has 0 saturated carbocycles. The van der Waals surface area contributed by atoms with Gasteiger partial charge in [0.15, 0.2) is 28.1 Å². The third kappa shape index (κ3) is 5.11. The van der Waals surface area contributed by atoms with Crippen LogP contribution in [0.2, 0.25) is 0 Å². The SMILES string of the molecule is CC#CCN1c2c(nc(Sc3nccc(C)n3)n(C)c2=O)N(OC(=O)C(F)(F)F)C1N1CCNCC1. The number of piperazine rings is 1. The minimum Gasteiger partial charge on any atom is -0.327 e. The zero-order chi connectivity index (χ0) is 26.0. The van der Waals surface area contributed by atoms with Gasteiger partial charge in [0.05, 0.1) is 6.54 Å². The van der Waals surface area contributed by atoms with Gasteiger partial charge in [0.2, 0.25) is 0 Å². The Balaban J connectivity index is 1.85. The number of carbonyl (C=O) groups is 1. The largest absolute Gasteiger partial charge is 0.493 e. The minimum absolute atomic E-state index is 0.00254. The highest BCUT2D eigenvalue weighted by atomic mass is 32.2. The summed E-state index contributed by atoms with van der Waals surface area (Å²) in [5.74, 6) is 2.95. The van der Waals surface area contributed by atoms with Crippen LogP contribution in [0.1, 0.15) is 12.6 Å². The number of alkyl halides is 3. The molecule has 0 amide bonds. The summed E-state index contributed by atoms with van der Waals surface area (Å²) >= 11 is 0.961. The molecule has 36 heavy (non-hydrogen) atoms. The maximum absolute atomic E-state index is 13.5. The Morgan fingerprint density at radius 1 is 1.31 bits per heavy atom. The van der Waals surface area contributed by atoms with Crippen LogP contribution in [0.3, 0.4) is 0 Å². The van der Waals surface area contributed by atoms with E-state index in [1.165, 1.54) is 16.5 Å². The van der Waals surface area contributed by atoms with Crippen LogP contribution in [-0.2, 0) is 16.7 Å². The maximum Gasteiger partial charge on any atom is 0.493 e. The molecule has 2 aliphatic rings. The zero-order valence-corrected chi connectivity index (χ0v) is 20.5. The summed E-state index contributed by atoms with van der Waals surface area (Å²) in [7, 11) is 1.49. The summed E-state index contributed by atoms with van der Waals surface area (Å²) in [6.45, 7) is 5.33. The van der Waals surface area contributed by atoms with Crippen molar-refractivity contribution in [3.63, 3.8) is 0 Å². The Kier molecular flexibility index (Phi) is 7.38. The Morgan fingerprint density at radius 3 is 2.67 bits per heavy atom. The van der Waals surface area contributed by atoms with E-state index in [0.717, 1.165) is 16.8 Å². The first kappa shape index (κ1) is 25.7. The molecule has 1 unspecified atom stereocenters. The average Bonchev–Trinajstić information content (AvgIpc) is 3.13. The number of carbonyl (C=O) groups excluding carboxylic acids is 1. The fourth-order valence-corrected chi connectivity index (χ4v) is 4.60. The fraction of sp³-hybridized carbons (Fsp3) is 0.476. The van der Waals surface area contributed by atoms with Crippen molar-refractivity contribution in [2.45, 2.75) is 36.6 Å². The molecule has 0 aromatic carbocycles. The third-order valence-corrected chi connectivity index (χ3v) is 6.39. The van der Waals surface area contributed by atoms with Gasteiger partial charge < -0.3 is 15.1 Å². The van der Waals surface area contributed by atoms with Crippen molar-refractivity contribution in [3.8, 4) is 11.8 Å². The van der Waals surface area contributed by atoms with Crippen LogP contribution in [0.15, 0.2) is 27.4 Å². The standard InChI is InChI=1S/C21H23F3N8O3S/c1-4-5-10-31-14-15(28-19(29(3)16(14)33)36-18-26-7-6-13(2)27-18)32(35-17(34)21(22,23)24)20(31)30-11-8-25-9-12-30/h6-7,20,25H,8-12H2,1-3H3. The molecule has 0 bridgehead atoms. The quantitative estimate of drug-likeness (QED) is 0.445. The van der Waals surface area contributed by atoms with Crippen LogP contribution in [0.25, 0.3) is 0 Å². The predicted molar refractivity (Wildman–Crippen MR) is 124 cm³/mol. The second kappa shape index (κ2) is 10.3. The van der Waals surface area contributed by atoms with Crippen LogP contribution in [0.4, 0.5) is 24.7 Å². The maximum atomic E-state index is 13.5. The Morgan fingerprint density at radius 2 is 2.03 bits per heavy atom. The molecular formula is C21H23F3N8O3S. The van der Waals surface area contributed by atoms with Crippen LogP contribution in [0, 0.1) is 18.8 Å². The molecule has 0 aliphatic carbocycles. The van der Waals surface area contributed by atoms with Crippen molar-refractivity contribution in [1.82, 2.24) is 29.7 Å². The fourth-order valence-electron chi connectivity index (χ4n) is 3.78. The van der Waals surface area contributed by atoms with Gasteiger partial charge in [0.1, 0.15) is 0 Å². The van der Waals surface area contributed by atoms with Crippen LogP contribution >= 0.6 is 11.8 Å². The summed E-state index contributed by atoms with van der Waals surface area (Å²) in [6.07, 6.45) is -4.76. The number of hydroxylamine groups is 1. The summed E-state index contributed by atoms with van der Waals surface area (Å²) in [5, 5.41) is 4.33. The Hall–Kier alpha value is -3.35. The molecule has 2 aromatic heterocycles. The van der Waals surface area contributed by atoms with Crippen molar-refractivity contribution in [2.75, 3.05) is 42.7 Å². The topological polar surface area (TPSA) is 109 Å². The van der Waals surface area contributed by atoms with E-state index in [4.69, 9.17) is 4.84 Å². The lowest BCUT2D eigenvalue weighted by Gasteiger charge is -2.40. The van der Waals surface area contributed by atoms with Gasteiger partial charge in [0.25, 0.3) is 5.56 Å². The van der Waals surface area contributed by atoms with Crippen LogP contribution in [0.5, 0.6) is 0 Å². The molecule has 1 saturated heterocycles. The number of fused-ring (bicyclic) bond motifs is 1. The molecule has 2 aromatic rings. The second-order valence-corrected chi connectivity index (χ2v) is 8.84. The Bertz CT molecular complexity index is 1270. The summed E-state index contributed by atoms with van der Waals surface area (Å²) < 4.78 is 40.9. The highest BCUT2D eigenvalue weighted by molar-refractivity contribution is 7.99. The first-order valence-corrected chi connectivity index (χ1v) is 11.7. The minimum atomic E-state index is -5.25. The van der Waals surface area contributed by atoms with Gasteiger partial charge >= 0.3 is 12.1 Å². The molecule has 15 heteroatoms. The molecule has 0 spiro atoms. The third-order valence-electron chi connectivity index (χ3n) is 5.46. The molecule has 1 fully saturated rings. The van der Waals surface area contributed by atoms with E-state index >= 15 is 0 Å². The Labute approximate surface area is 208 Å². The molecule has 1 atom stereocenters. The van der Waals surface area contributed by atoms with Crippen LogP contribution < -0.4 is 20.8 Å². The zero-order valence-electron chi connectivity index (χ0n) is 19.7. The van der Waals surface area contributed by atoms with Gasteiger partial charge in [-0.2, -0.15) is 13.2 Å². The average molecular weight is 525 g/mol. The van der Waals surface area contributed by atoms with Crippen molar-refractivity contribution >= 4 is 29.2 Å². The van der Waals surface area contributed by atoms with E-state index in [2.05, 4.69) is 32.1 Å². The first-order valence-electron chi connectivity index (χ1n) is 10.9. The van der Waals surface area contributed by atoms with Gasteiger partial charge in [-0.05, 0) is 31.7 Å². The van der Waals surface area contributed by atoms with Crippen LogP contribution in [-0.4, -0.2) is 75.6 Å². The second-order valence-electron chi connectivity index (χ2n) is 7.90. The van der Waals surface area contributed by atoms with Gasteiger partial charge in [-0.15, -0.1) is 11.0 Å². The van der Waals surface area contributed by atoms with E-state index in [1.807, 2.05) is 0 Å². The van der Waals surface area contributed by atoms with E-state index in [1.54, 1.807) is 31.0 Å². The molecule has 2 aliphatic heterocycles. The number of aromatic nitrogens is 4. The number of rotatable bonds is 5. The number of hydrogen-bond acceptors (Lipinski definition) is 11. The van der Waals surface area contributed by atoms with Gasteiger partial charge in [-0.25, -0.2) is 19.7 Å². The van der Waals surface area contributed by atoms with Gasteiger partial charge in [-0.1, -0.05) is 5.92 Å². The van der Waals surface area contributed by atoms with E-state index in [-0.39, 0.29) is 23.2 Å². The number of nitrogens with one attached hydrogen (secondary N) is 1. The van der Waals surface area contributed by atoms with Crippen molar-refractivity contribution in [1.29, 1.82) is 0 Å². The number of halogens is 3. The number of anilines is 2. The lowest BCUT2D eigenvalue weighted by atomic mass is 10.3. The van der Waals surface area contributed by atoms with Crippen molar-refractivity contribution in [3.05, 3.63) is 28.3 Å². The molecule has 1 N–H and O–H groups in total. The monoisotopic (exact) mass is 524 g/mol. The van der Waals surface area contributed by atoms with Crippen molar-refractivity contribution < 1.29 is 22.8 Å². The lowest BCUT2D eigenvalue weighted by Crippen LogP contribution is -2.61. The lowest BCUT2D eigenvalue weighted by molar-refractivity contribution is -0.203. The van der Waals surface area contributed by atoms with Crippen molar-refractivity contribution in [2.24, 2.45) is 7.05 Å². The summed E-state index contributed by atoms with van der Waals surface area (Å²) in [6, 6.07) is 1.70. The number of hydrogen-bond donors (Lipinski definition) is 1. The predicted octanol–water partition coefficient (Wildman–Crippen LogP) is 0.889. The van der Waals surface area contributed by atoms with E-state index in [9.17, 15) is 22.8 Å². The molecule has 11 nitrogen and oxygen atoms in total. The molecule has 0 radical (unpaired) electrons. The summed E-state index contributed by atoms with van der Waals surface area (Å²) in [4.78, 5) is 46.5. The van der Waals surface area contributed by atoms with E-state index in [0.29, 0.717) is 37.0 Å². The summed E-state index contributed by atoms with van der Waals surface area (Å²) in [5.41, 5.74) is 0.120. The number of nitrogens with zero attached hydrogens (tertiary/aromatic N) is 7. The molecule has 4 heterocycles. The smallest absolute Gasteiger partial charge is 0.327 e. The van der Waals surface area contributed by atoms with Gasteiger partial charge in [-0.3, -0.25) is 14.3 Å². The van der Waals surface area contributed by atoms with Gasteiger partial charge in [0, 0.05) is 45.1 Å². The molecule has 192 valence electrons. The highest BCUT2D eigenvalue weighted by Gasteiger charge is 2.50. The first-order chi connectivity index (χ1) is 17.1. The molecule has 4 rings (SSSR count).